The zero-order valence-electron chi connectivity index (χ0n) is 11.7. The zero-order valence-corrected chi connectivity index (χ0v) is 11.7. The highest BCUT2D eigenvalue weighted by atomic mass is 19.1. The summed E-state index contributed by atoms with van der Waals surface area (Å²) in [5.41, 5.74) is 9.92. The Hall–Kier alpha value is -2.62. The maximum Gasteiger partial charge on any atom is 0.153 e. The number of rotatable bonds is 3. The second-order valence-corrected chi connectivity index (χ2v) is 4.89. The van der Waals surface area contributed by atoms with Crippen molar-refractivity contribution >= 4 is 5.82 Å². The molecule has 3 rings (SSSR count). The Kier molecular flexibility index (Phi) is 3.44. The summed E-state index contributed by atoms with van der Waals surface area (Å²) in [5, 5.41) is 6.95. The quantitative estimate of drug-likeness (QED) is 0.761. The first-order valence-corrected chi connectivity index (χ1v) is 6.88. The van der Waals surface area contributed by atoms with Crippen LogP contribution in [-0.2, 0) is 6.42 Å². The van der Waals surface area contributed by atoms with E-state index in [0.29, 0.717) is 16.9 Å². The highest BCUT2D eigenvalue weighted by molar-refractivity contribution is 5.87. The minimum atomic E-state index is -0.308. The van der Waals surface area contributed by atoms with Crippen molar-refractivity contribution in [2.24, 2.45) is 0 Å². The SMILES string of the molecule is CCc1ccc(-c2[nH]nc(N)c2-c2ccccc2F)cc1. The lowest BCUT2D eigenvalue weighted by atomic mass is 9.99. The van der Waals surface area contributed by atoms with E-state index in [9.17, 15) is 4.39 Å². The number of halogens is 1. The molecule has 0 aliphatic carbocycles. The van der Waals surface area contributed by atoms with Crippen LogP contribution in [0.3, 0.4) is 0 Å². The van der Waals surface area contributed by atoms with Gasteiger partial charge in [0.15, 0.2) is 5.82 Å². The topological polar surface area (TPSA) is 54.7 Å². The Bertz CT molecular complexity index is 760. The monoisotopic (exact) mass is 281 g/mol. The molecule has 106 valence electrons. The number of hydrogen-bond acceptors (Lipinski definition) is 2. The number of aromatic amines is 1. The number of aryl methyl sites for hydroxylation is 1. The molecule has 4 heteroatoms. The largest absolute Gasteiger partial charge is 0.382 e. The highest BCUT2D eigenvalue weighted by Crippen LogP contribution is 2.35. The maximum absolute atomic E-state index is 14.1. The molecule has 0 spiro atoms. The Labute approximate surface area is 122 Å². The average Bonchev–Trinajstić information content (AvgIpc) is 2.89. The molecule has 0 amide bonds. The second-order valence-electron chi connectivity index (χ2n) is 4.89. The van der Waals surface area contributed by atoms with Crippen LogP contribution in [0, 0.1) is 5.82 Å². The predicted octanol–water partition coefficient (Wildman–Crippen LogP) is 4.03. The fourth-order valence-corrected chi connectivity index (χ4v) is 2.41. The van der Waals surface area contributed by atoms with Gasteiger partial charge in [-0.25, -0.2) is 4.39 Å². The number of anilines is 1. The molecular formula is C17H16FN3. The standard InChI is InChI=1S/C17H16FN3/c1-2-11-7-9-12(10-8-11)16-15(17(19)21-20-16)13-5-3-4-6-14(13)18/h3-10H,2H2,1H3,(H3,19,20,21). The Balaban J connectivity index is 2.15. The van der Waals surface area contributed by atoms with E-state index in [-0.39, 0.29) is 5.82 Å². The van der Waals surface area contributed by atoms with Crippen LogP contribution in [0.4, 0.5) is 10.2 Å². The van der Waals surface area contributed by atoms with E-state index in [1.165, 1.54) is 11.6 Å². The van der Waals surface area contributed by atoms with Gasteiger partial charge in [-0.3, -0.25) is 5.10 Å². The number of aromatic nitrogens is 2. The third-order valence-electron chi connectivity index (χ3n) is 3.59. The minimum Gasteiger partial charge on any atom is -0.382 e. The van der Waals surface area contributed by atoms with E-state index in [1.54, 1.807) is 18.2 Å². The minimum absolute atomic E-state index is 0.301. The smallest absolute Gasteiger partial charge is 0.153 e. The van der Waals surface area contributed by atoms with Crippen LogP contribution in [0.1, 0.15) is 12.5 Å². The van der Waals surface area contributed by atoms with E-state index in [4.69, 9.17) is 5.73 Å². The van der Waals surface area contributed by atoms with E-state index >= 15 is 0 Å². The summed E-state index contributed by atoms with van der Waals surface area (Å²) in [4.78, 5) is 0. The molecule has 0 radical (unpaired) electrons. The maximum atomic E-state index is 14.1. The lowest BCUT2D eigenvalue weighted by Gasteiger charge is -2.06. The molecule has 1 aromatic heterocycles. The average molecular weight is 281 g/mol. The molecule has 0 saturated heterocycles. The first kappa shape index (κ1) is 13.4. The molecule has 3 nitrogen and oxygen atoms in total. The number of H-pyrrole nitrogens is 1. The highest BCUT2D eigenvalue weighted by Gasteiger charge is 2.17. The summed E-state index contributed by atoms with van der Waals surface area (Å²) in [6, 6.07) is 14.7. The van der Waals surface area contributed by atoms with Crippen molar-refractivity contribution in [1.29, 1.82) is 0 Å². The third-order valence-corrected chi connectivity index (χ3v) is 3.59. The van der Waals surface area contributed by atoms with Crippen LogP contribution < -0.4 is 5.73 Å². The van der Waals surface area contributed by atoms with Crippen molar-refractivity contribution in [3.8, 4) is 22.4 Å². The van der Waals surface area contributed by atoms with Crippen LogP contribution in [0.5, 0.6) is 0 Å². The van der Waals surface area contributed by atoms with Crippen LogP contribution in [0.25, 0.3) is 22.4 Å². The van der Waals surface area contributed by atoms with Crippen molar-refractivity contribution in [3.05, 3.63) is 59.9 Å². The van der Waals surface area contributed by atoms with Crippen molar-refractivity contribution in [1.82, 2.24) is 10.2 Å². The van der Waals surface area contributed by atoms with Crippen molar-refractivity contribution in [3.63, 3.8) is 0 Å². The number of nitrogens with one attached hydrogen (secondary N) is 1. The summed E-state index contributed by atoms with van der Waals surface area (Å²) in [6.45, 7) is 2.11. The second kappa shape index (κ2) is 5.40. The van der Waals surface area contributed by atoms with Crippen LogP contribution in [0.15, 0.2) is 48.5 Å². The van der Waals surface area contributed by atoms with Gasteiger partial charge in [0.25, 0.3) is 0 Å². The summed E-state index contributed by atoms with van der Waals surface area (Å²) >= 11 is 0. The van der Waals surface area contributed by atoms with E-state index in [0.717, 1.165) is 17.7 Å². The Morgan fingerprint density at radius 2 is 1.81 bits per heavy atom. The predicted molar refractivity (Wildman–Crippen MR) is 83.2 cm³/mol. The number of nitrogen functional groups attached to an aromatic ring is 1. The fraction of sp³-hybridized carbons (Fsp3) is 0.118. The number of benzene rings is 2. The molecule has 0 atom stereocenters. The van der Waals surface area contributed by atoms with Gasteiger partial charge < -0.3 is 5.73 Å². The van der Waals surface area contributed by atoms with Gasteiger partial charge in [-0.05, 0) is 18.1 Å². The summed E-state index contributed by atoms with van der Waals surface area (Å²) in [7, 11) is 0. The molecule has 0 bridgehead atoms. The summed E-state index contributed by atoms with van der Waals surface area (Å²) < 4.78 is 14.1. The summed E-state index contributed by atoms with van der Waals surface area (Å²) in [6.07, 6.45) is 0.978. The van der Waals surface area contributed by atoms with Crippen molar-refractivity contribution in [2.45, 2.75) is 13.3 Å². The van der Waals surface area contributed by atoms with Gasteiger partial charge in [-0.1, -0.05) is 49.4 Å². The lowest BCUT2D eigenvalue weighted by Crippen LogP contribution is -1.91. The van der Waals surface area contributed by atoms with E-state index in [2.05, 4.69) is 29.3 Å². The molecule has 3 aromatic rings. The van der Waals surface area contributed by atoms with E-state index < -0.39 is 0 Å². The number of nitrogens with two attached hydrogens (primary N) is 1. The molecular weight excluding hydrogens is 265 g/mol. The molecule has 0 aliphatic rings. The first-order valence-electron chi connectivity index (χ1n) is 6.88. The molecule has 0 fully saturated rings. The van der Waals surface area contributed by atoms with Crippen molar-refractivity contribution < 1.29 is 4.39 Å². The molecule has 2 aromatic carbocycles. The van der Waals surface area contributed by atoms with Crippen LogP contribution in [-0.4, -0.2) is 10.2 Å². The van der Waals surface area contributed by atoms with Crippen molar-refractivity contribution in [2.75, 3.05) is 5.73 Å². The van der Waals surface area contributed by atoms with Gasteiger partial charge in [-0.2, -0.15) is 5.10 Å². The molecule has 0 unspecified atom stereocenters. The number of nitrogens with zero attached hydrogens (tertiary/aromatic N) is 1. The molecule has 3 N–H and O–H groups in total. The zero-order chi connectivity index (χ0) is 14.8. The fourth-order valence-electron chi connectivity index (χ4n) is 2.41. The normalized spacial score (nSPS) is 10.8. The molecule has 0 saturated carbocycles. The van der Waals surface area contributed by atoms with Gasteiger partial charge in [0.1, 0.15) is 5.82 Å². The number of hydrogen-bond donors (Lipinski definition) is 2. The van der Waals surface area contributed by atoms with Crippen LogP contribution >= 0.6 is 0 Å². The van der Waals surface area contributed by atoms with E-state index in [1.807, 2.05) is 12.1 Å². The Morgan fingerprint density at radius 1 is 1.10 bits per heavy atom. The third kappa shape index (κ3) is 2.40. The molecule has 1 heterocycles. The summed E-state index contributed by atoms with van der Waals surface area (Å²) in [5.74, 6) is -0.00769. The van der Waals surface area contributed by atoms with Crippen LogP contribution in [0.2, 0.25) is 0 Å². The van der Waals surface area contributed by atoms with Gasteiger partial charge in [0.05, 0.1) is 11.3 Å². The Morgan fingerprint density at radius 3 is 2.48 bits per heavy atom. The molecule has 0 aliphatic heterocycles. The van der Waals surface area contributed by atoms with Gasteiger partial charge in [0, 0.05) is 11.1 Å². The lowest BCUT2D eigenvalue weighted by molar-refractivity contribution is 0.631. The molecule has 21 heavy (non-hydrogen) atoms. The van der Waals surface area contributed by atoms with Gasteiger partial charge in [0.2, 0.25) is 0 Å². The van der Waals surface area contributed by atoms with Gasteiger partial charge >= 0.3 is 0 Å². The van der Waals surface area contributed by atoms with Gasteiger partial charge in [-0.15, -0.1) is 0 Å². The first-order chi connectivity index (χ1) is 10.2.